The second-order valence-corrected chi connectivity index (χ2v) is 6.53. The number of hydrogen-bond acceptors (Lipinski definition) is 5. The average Bonchev–Trinajstić information content (AvgIpc) is 2.72. The van der Waals surface area contributed by atoms with E-state index in [0.717, 1.165) is 35.1 Å². The van der Waals surface area contributed by atoms with Gasteiger partial charge in [0.15, 0.2) is 0 Å². The van der Waals surface area contributed by atoms with Crippen LogP contribution in [0.3, 0.4) is 0 Å². The lowest BCUT2D eigenvalue weighted by molar-refractivity contribution is 0.0949. The van der Waals surface area contributed by atoms with Gasteiger partial charge in [0.25, 0.3) is 5.91 Å². The number of carbonyl (C=O) groups is 1. The molecule has 1 N–H and O–H groups in total. The Morgan fingerprint density at radius 3 is 2.86 bits per heavy atom. The topological polar surface area (TPSA) is 73.3 Å². The van der Waals surface area contributed by atoms with E-state index in [1.807, 2.05) is 43.3 Å². The number of aromatic nitrogens is 2. The van der Waals surface area contributed by atoms with Gasteiger partial charge in [0.05, 0.1) is 30.5 Å². The zero-order chi connectivity index (χ0) is 19.9. The third-order valence-electron chi connectivity index (χ3n) is 4.49. The molecule has 0 saturated carbocycles. The number of carbonyl (C=O) groups excluding carboxylic acids is 1. The van der Waals surface area contributed by atoms with E-state index in [0.29, 0.717) is 30.3 Å². The minimum Gasteiger partial charge on any atom is -0.497 e. The standard InChI is InChI=1S/C22H25N3O3/c1-4-5-11-28-22-17(7-6-10-23-22)14-24-21(26)19-12-16-8-9-18(27-3)13-20(16)25-15(19)2/h6-10,12-13H,4-5,11,14H2,1-3H3,(H,24,26). The Labute approximate surface area is 164 Å². The fraction of sp³-hybridized carbons (Fsp3) is 0.318. The van der Waals surface area contributed by atoms with Crippen molar-refractivity contribution >= 4 is 16.8 Å². The largest absolute Gasteiger partial charge is 0.497 e. The zero-order valence-electron chi connectivity index (χ0n) is 16.5. The molecule has 0 aliphatic carbocycles. The van der Waals surface area contributed by atoms with Gasteiger partial charge >= 0.3 is 0 Å². The Morgan fingerprint density at radius 2 is 2.07 bits per heavy atom. The van der Waals surface area contributed by atoms with E-state index < -0.39 is 0 Å². The van der Waals surface area contributed by atoms with Gasteiger partial charge in [-0.3, -0.25) is 9.78 Å². The number of nitrogens with zero attached hydrogens (tertiary/aromatic N) is 2. The van der Waals surface area contributed by atoms with Crippen molar-refractivity contribution in [1.82, 2.24) is 15.3 Å². The van der Waals surface area contributed by atoms with Crippen molar-refractivity contribution in [1.29, 1.82) is 0 Å². The first kappa shape index (κ1) is 19.6. The molecular formula is C22H25N3O3. The minimum atomic E-state index is -0.175. The van der Waals surface area contributed by atoms with Gasteiger partial charge in [0, 0.05) is 29.8 Å². The van der Waals surface area contributed by atoms with Crippen LogP contribution in [0.5, 0.6) is 11.6 Å². The lowest BCUT2D eigenvalue weighted by Gasteiger charge is -2.12. The Bertz CT molecular complexity index is 972. The van der Waals surface area contributed by atoms with Gasteiger partial charge in [-0.1, -0.05) is 19.4 Å². The van der Waals surface area contributed by atoms with Gasteiger partial charge in [-0.05, 0) is 37.6 Å². The second kappa shape index (κ2) is 9.17. The van der Waals surface area contributed by atoms with Crippen molar-refractivity contribution in [3.8, 4) is 11.6 Å². The van der Waals surface area contributed by atoms with Crippen LogP contribution in [0, 0.1) is 6.92 Å². The first-order chi connectivity index (χ1) is 13.6. The molecular weight excluding hydrogens is 354 g/mol. The van der Waals surface area contributed by atoms with Crippen molar-refractivity contribution in [2.24, 2.45) is 0 Å². The number of aryl methyl sites for hydroxylation is 1. The number of unbranched alkanes of at least 4 members (excludes halogenated alkanes) is 1. The maximum atomic E-state index is 12.7. The molecule has 0 atom stereocenters. The van der Waals surface area contributed by atoms with Gasteiger partial charge in [0.2, 0.25) is 5.88 Å². The van der Waals surface area contributed by atoms with Crippen LogP contribution in [0.25, 0.3) is 10.9 Å². The van der Waals surface area contributed by atoms with Crippen LogP contribution in [0.15, 0.2) is 42.6 Å². The first-order valence-corrected chi connectivity index (χ1v) is 9.42. The van der Waals surface area contributed by atoms with Crippen LogP contribution < -0.4 is 14.8 Å². The van der Waals surface area contributed by atoms with E-state index in [1.165, 1.54) is 0 Å². The third-order valence-corrected chi connectivity index (χ3v) is 4.49. The predicted molar refractivity (Wildman–Crippen MR) is 109 cm³/mol. The molecule has 2 aromatic heterocycles. The first-order valence-electron chi connectivity index (χ1n) is 9.42. The van der Waals surface area contributed by atoms with E-state index in [4.69, 9.17) is 9.47 Å². The normalized spacial score (nSPS) is 10.7. The van der Waals surface area contributed by atoms with Gasteiger partial charge < -0.3 is 14.8 Å². The van der Waals surface area contributed by atoms with Gasteiger partial charge in [-0.25, -0.2) is 4.98 Å². The Morgan fingerprint density at radius 1 is 1.21 bits per heavy atom. The van der Waals surface area contributed by atoms with Crippen LogP contribution in [0.1, 0.15) is 41.4 Å². The summed E-state index contributed by atoms with van der Waals surface area (Å²) in [7, 11) is 1.62. The Hall–Kier alpha value is -3.15. The van der Waals surface area contributed by atoms with Crippen LogP contribution >= 0.6 is 0 Å². The number of fused-ring (bicyclic) bond motifs is 1. The van der Waals surface area contributed by atoms with Gasteiger partial charge in [-0.15, -0.1) is 0 Å². The van der Waals surface area contributed by atoms with E-state index in [2.05, 4.69) is 22.2 Å². The van der Waals surface area contributed by atoms with Crippen molar-refractivity contribution in [3.63, 3.8) is 0 Å². The summed E-state index contributed by atoms with van der Waals surface area (Å²) in [5, 5.41) is 3.84. The summed E-state index contributed by atoms with van der Waals surface area (Å²) in [5.74, 6) is 1.13. The van der Waals surface area contributed by atoms with E-state index in [1.54, 1.807) is 13.3 Å². The highest BCUT2D eigenvalue weighted by atomic mass is 16.5. The lowest BCUT2D eigenvalue weighted by atomic mass is 10.1. The summed E-state index contributed by atoms with van der Waals surface area (Å²) in [5.41, 5.74) is 2.87. The average molecular weight is 379 g/mol. The Kier molecular flexibility index (Phi) is 6.42. The highest BCUT2D eigenvalue weighted by Gasteiger charge is 2.13. The number of benzene rings is 1. The third kappa shape index (κ3) is 4.57. The summed E-state index contributed by atoms with van der Waals surface area (Å²) in [6, 6.07) is 11.2. The zero-order valence-corrected chi connectivity index (χ0v) is 16.5. The van der Waals surface area contributed by atoms with Gasteiger partial charge in [0.1, 0.15) is 5.75 Å². The summed E-state index contributed by atoms with van der Waals surface area (Å²) in [4.78, 5) is 21.6. The molecule has 3 aromatic rings. The van der Waals surface area contributed by atoms with Crippen molar-refractivity contribution in [3.05, 3.63) is 59.4 Å². The number of nitrogens with one attached hydrogen (secondary N) is 1. The molecule has 1 aromatic carbocycles. The molecule has 0 unspecified atom stereocenters. The fourth-order valence-corrected chi connectivity index (χ4v) is 2.87. The highest BCUT2D eigenvalue weighted by Crippen LogP contribution is 2.22. The maximum absolute atomic E-state index is 12.7. The van der Waals surface area contributed by atoms with Crippen molar-refractivity contribution in [2.75, 3.05) is 13.7 Å². The number of amides is 1. The SMILES string of the molecule is CCCCOc1ncccc1CNC(=O)c1cc2ccc(OC)cc2nc1C. The fourth-order valence-electron chi connectivity index (χ4n) is 2.87. The summed E-state index contributed by atoms with van der Waals surface area (Å²) < 4.78 is 11.0. The molecule has 6 nitrogen and oxygen atoms in total. The molecule has 0 aliphatic rings. The number of pyridine rings is 2. The van der Waals surface area contributed by atoms with E-state index in [9.17, 15) is 4.79 Å². The molecule has 3 rings (SSSR count). The predicted octanol–water partition coefficient (Wildman–Crippen LogP) is 4.06. The molecule has 0 spiro atoms. The maximum Gasteiger partial charge on any atom is 0.253 e. The monoisotopic (exact) mass is 379 g/mol. The van der Waals surface area contributed by atoms with Crippen molar-refractivity contribution < 1.29 is 14.3 Å². The smallest absolute Gasteiger partial charge is 0.253 e. The summed E-state index contributed by atoms with van der Waals surface area (Å²) in [6.45, 7) is 4.90. The van der Waals surface area contributed by atoms with Crippen LogP contribution in [0.4, 0.5) is 0 Å². The summed E-state index contributed by atoms with van der Waals surface area (Å²) in [6.07, 6.45) is 3.71. The minimum absolute atomic E-state index is 0.175. The second-order valence-electron chi connectivity index (χ2n) is 6.53. The molecule has 0 bridgehead atoms. The van der Waals surface area contributed by atoms with Crippen LogP contribution in [-0.2, 0) is 6.54 Å². The molecule has 0 aliphatic heterocycles. The summed E-state index contributed by atoms with van der Waals surface area (Å²) >= 11 is 0. The number of methoxy groups -OCH3 is 1. The highest BCUT2D eigenvalue weighted by molar-refractivity contribution is 5.98. The number of ether oxygens (including phenoxy) is 2. The Balaban J connectivity index is 1.74. The molecule has 0 fully saturated rings. The molecule has 146 valence electrons. The lowest BCUT2D eigenvalue weighted by Crippen LogP contribution is -2.24. The molecule has 28 heavy (non-hydrogen) atoms. The molecule has 0 saturated heterocycles. The van der Waals surface area contributed by atoms with Gasteiger partial charge in [-0.2, -0.15) is 0 Å². The molecule has 0 radical (unpaired) electrons. The van der Waals surface area contributed by atoms with Crippen LogP contribution in [0.2, 0.25) is 0 Å². The van der Waals surface area contributed by atoms with Crippen molar-refractivity contribution in [2.45, 2.75) is 33.2 Å². The van der Waals surface area contributed by atoms with E-state index in [-0.39, 0.29) is 5.91 Å². The quantitative estimate of drug-likeness (QED) is 0.598. The number of hydrogen-bond donors (Lipinski definition) is 1. The molecule has 6 heteroatoms. The van der Waals surface area contributed by atoms with E-state index >= 15 is 0 Å². The molecule has 1 amide bonds. The molecule has 2 heterocycles. The van der Waals surface area contributed by atoms with Crippen LogP contribution in [-0.4, -0.2) is 29.6 Å². The number of rotatable bonds is 8.